The first-order chi connectivity index (χ1) is 26.9. The summed E-state index contributed by atoms with van der Waals surface area (Å²) >= 11 is 0. The van der Waals surface area contributed by atoms with Gasteiger partial charge in [-0.3, -0.25) is 9.59 Å². The topological polar surface area (TPSA) is 125 Å². The van der Waals surface area contributed by atoms with Crippen LogP contribution in [0.5, 0.6) is 0 Å². The summed E-state index contributed by atoms with van der Waals surface area (Å²) in [6.07, 6.45) is 10.7. The lowest BCUT2D eigenvalue weighted by molar-refractivity contribution is -0.126. The van der Waals surface area contributed by atoms with E-state index in [4.69, 9.17) is 14.7 Å². The van der Waals surface area contributed by atoms with Gasteiger partial charge in [-0.25, -0.2) is 14.8 Å². The molecule has 2 saturated carbocycles. The fourth-order valence-corrected chi connectivity index (χ4v) is 9.49. The van der Waals surface area contributed by atoms with Crippen molar-refractivity contribution in [3.05, 3.63) is 65.5 Å². The van der Waals surface area contributed by atoms with Gasteiger partial charge >= 0.3 is 6.09 Å². The zero-order valence-corrected chi connectivity index (χ0v) is 33.4. The molecular formula is C44H54N8O4. The average molecular weight is 759 g/mol. The number of pyridine rings is 1. The Morgan fingerprint density at radius 2 is 1.66 bits per heavy atom. The van der Waals surface area contributed by atoms with E-state index in [-0.39, 0.29) is 23.9 Å². The van der Waals surface area contributed by atoms with E-state index in [1.54, 1.807) is 11.9 Å². The fourth-order valence-electron chi connectivity index (χ4n) is 9.49. The van der Waals surface area contributed by atoms with Crippen molar-refractivity contribution in [2.75, 3.05) is 43.4 Å². The number of piperidine rings is 2. The summed E-state index contributed by atoms with van der Waals surface area (Å²) in [5, 5.41) is 6.31. The fraction of sp³-hybridized carbons (Fsp3) is 0.523. The number of benzene rings is 2. The van der Waals surface area contributed by atoms with Crippen LogP contribution in [-0.2, 0) is 14.9 Å². The Labute approximate surface area is 329 Å². The number of carbonyl (C=O) groups is 3. The molecule has 12 heteroatoms. The van der Waals surface area contributed by atoms with Gasteiger partial charge in [0.25, 0.3) is 5.91 Å². The van der Waals surface area contributed by atoms with Gasteiger partial charge in [-0.2, -0.15) is 0 Å². The molecule has 0 radical (unpaired) electrons. The van der Waals surface area contributed by atoms with Crippen molar-refractivity contribution in [1.82, 2.24) is 29.7 Å². The van der Waals surface area contributed by atoms with Crippen LogP contribution in [0.15, 0.2) is 48.8 Å². The summed E-state index contributed by atoms with van der Waals surface area (Å²) in [6, 6.07) is 15.3. The summed E-state index contributed by atoms with van der Waals surface area (Å²) < 4.78 is 7.93. The molecule has 5 aliphatic rings. The summed E-state index contributed by atoms with van der Waals surface area (Å²) in [7, 11) is 1.64. The second kappa shape index (κ2) is 13.9. The highest BCUT2D eigenvalue weighted by atomic mass is 16.6. The van der Waals surface area contributed by atoms with Crippen molar-refractivity contribution < 1.29 is 19.1 Å². The lowest BCUT2D eigenvalue weighted by atomic mass is 9.73. The number of nitrogens with zero attached hydrogens (tertiary/aromatic N) is 6. The highest BCUT2D eigenvalue weighted by Gasteiger charge is 2.56. The molecule has 56 heavy (non-hydrogen) atoms. The summed E-state index contributed by atoms with van der Waals surface area (Å²) in [4.78, 5) is 57.4. The van der Waals surface area contributed by atoms with Gasteiger partial charge in [0, 0.05) is 60.8 Å². The second-order valence-corrected chi connectivity index (χ2v) is 17.7. The number of imidazole rings is 1. The number of likely N-dealkylation sites (tertiary alicyclic amines) is 2. The molecule has 4 fully saturated rings. The van der Waals surface area contributed by atoms with Crippen LogP contribution < -0.4 is 15.5 Å². The van der Waals surface area contributed by atoms with Crippen molar-refractivity contribution in [2.45, 2.75) is 115 Å². The molecule has 2 aromatic heterocycles. The van der Waals surface area contributed by atoms with Gasteiger partial charge in [0.05, 0.1) is 23.0 Å². The molecule has 4 aromatic rings. The SMILES string of the molecule is CNC(=O)c1cc(Nc2nc(-c3ccc4c(c3)N(C3CC(N5CCCCC5)C3)C(=O)C43CCN(C(=O)OC(C)(C)C)CC3)cc3ncn(C4CC4)c23)ccc1C. The molecule has 1 spiro atoms. The number of hydrogen-bond acceptors (Lipinski definition) is 8. The van der Waals surface area contributed by atoms with Crippen LogP contribution in [0.3, 0.4) is 0 Å². The zero-order valence-electron chi connectivity index (χ0n) is 33.4. The molecule has 3 amide bonds. The van der Waals surface area contributed by atoms with Gasteiger partial charge in [-0.05, 0) is 128 Å². The van der Waals surface area contributed by atoms with Crippen molar-refractivity contribution >= 4 is 46.1 Å². The Morgan fingerprint density at radius 1 is 0.911 bits per heavy atom. The van der Waals surface area contributed by atoms with E-state index in [1.165, 1.54) is 19.3 Å². The highest BCUT2D eigenvalue weighted by Crippen LogP contribution is 2.52. The van der Waals surface area contributed by atoms with Crippen molar-refractivity contribution in [1.29, 1.82) is 0 Å². The first kappa shape index (κ1) is 36.7. The standard InChI is InChI=1S/C44H54N8O4/c1-27-9-11-29(22-33(27)40(53)45-5)47-39-38-36(46-26-51(38)30-12-13-30)25-35(48-39)28-10-14-34-37(21-28)52(32-23-31(24-32)49-17-7-6-8-18-49)41(54)44(34)15-19-50(20-16-44)42(55)56-43(2,3)4/h9-11,14,21-22,25-26,30-32H,6-8,12-13,15-20,23-24H2,1-5H3,(H,45,53)(H,47,48). The zero-order chi connectivity index (χ0) is 38.9. The summed E-state index contributed by atoms with van der Waals surface area (Å²) in [5.41, 5.74) is 6.46. The number of aromatic nitrogens is 3. The predicted octanol–water partition coefficient (Wildman–Crippen LogP) is 7.48. The van der Waals surface area contributed by atoms with Gasteiger partial charge in [0.15, 0.2) is 5.82 Å². The molecule has 0 atom stereocenters. The minimum absolute atomic E-state index is 0.129. The maximum Gasteiger partial charge on any atom is 0.410 e. The normalized spacial score (nSPS) is 22.3. The Hall–Kier alpha value is -4.97. The minimum Gasteiger partial charge on any atom is -0.444 e. The van der Waals surface area contributed by atoms with Gasteiger partial charge in [-0.15, -0.1) is 0 Å². The van der Waals surface area contributed by atoms with E-state index in [0.29, 0.717) is 49.4 Å². The van der Waals surface area contributed by atoms with Crippen molar-refractivity contribution in [3.8, 4) is 11.3 Å². The average Bonchev–Trinajstić information content (AvgIpc) is 3.88. The van der Waals surface area contributed by atoms with Crippen molar-refractivity contribution in [2.24, 2.45) is 0 Å². The monoisotopic (exact) mass is 758 g/mol. The third-order valence-corrected chi connectivity index (χ3v) is 12.8. The second-order valence-electron chi connectivity index (χ2n) is 17.7. The maximum atomic E-state index is 14.9. The van der Waals surface area contributed by atoms with E-state index in [9.17, 15) is 14.4 Å². The van der Waals surface area contributed by atoms with Crippen LogP contribution in [0.25, 0.3) is 22.3 Å². The Morgan fingerprint density at radius 3 is 2.36 bits per heavy atom. The molecule has 294 valence electrons. The molecule has 12 nitrogen and oxygen atoms in total. The molecule has 9 rings (SSSR count). The number of amides is 3. The summed E-state index contributed by atoms with van der Waals surface area (Å²) in [6.45, 7) is 10.8. The number of nitrogens with one attached hydrogen (secondary N) is 2. The van der Waals surface area contributed by atoms with Gasteiger partial charge in [0.2, 0.25) is 5.91 Å². The molecule has 2 N–H and O–H groups in total. The number of aryl methyl sites for hydroxylation is 1. The van der Waals surface area contributed by atoms with Gasteiger partial charge in [0.1, 0.15) is 11.1 Å². The minimum atomic E-state index is -0.691. The van der Waals surface area contributed by atoms with Crippen LogP contribution in [0.1, 0.15) is 106 Å². The lowest BCUT2D eigenvalue weighted by Gasteiger charge is -2.48. The third kappa shape index (κ3) is 6.49. The molecule has 2 aromatic carbocycles. The first-order valence-electron chi connectivity index (χ1n) is 20.6. The Kier molecular flexibility index (Phi) is 9.10. The molecule has 3 aliphatic heterocycles. The van der Waals surface area contributed by atoms with E-state index >= 15 is 0 Å². The number of anilines is 3. The van der Waals surface area contributed by atoms with E-state index in [1.807, 2.05) is 52.2 Å². The van der Waals surface area contributed by atoms with Crippen molar-refractivity contribution in [3.63, 3.8) is 0 Å². The predicted molar refractivity (Wildman–Crippen MR) is 218 cm³/mol. The molecular weight excluding hydrogens is 705 g/mol. The van der Waals surface area contributed by atoms with Crippen LogP contribution >= 0.6 is 0 Å². The van der Waals surface area contributed by atoms with Gasteiger partial charge in [-0.1, -0.05) is 24.6 Å². The number of fused-ring (bicyclic) bond motifs is 3. The number of hydrogen-bond donors (Lipinski definition) is 2. The summed E-state index contributed by atoms with van der Waals surface area (Å²) in [5.74, 6) is 0.701. The van der Waals surface area contributed by atoms with Crippen LogP contribution in [0.2, 0.25) is 0 Å². The quantitative estimate of drug-likeness (QED) is 0.199. The maximum absolute atomic E-state index is 14.9. The highest BCUT2D eigenvalue weighted by molar-refractivity contribution is 6.09. The molecule has 2 aliphatic carbocycles. The van der Waals surface area contributed by atoms with E-state index < -0.39 is 11.0 Å². The van der Waals surface area contributed by atoms with E-state index in [0.717, 1.165) is 83.6 Å². The Bertz CT molecular complexity index is 2200. The molecule has 2 saturated heterocycles. The molecule has 0 bridgehead atoms. The molecule has 0 unspecified atom stereocenters. The first-order valence-corrected chi connectivity index (χ1v) is 20.6. The largest absolute Gasteiger partial charge is 0.444 e. The van der Waals surface area contributed by atoms with Gasteiger partial charge < -0.3 is 34.6 Å². The number of rotatable bonds is 7. The van der Waals surface area contributed by atoms with E-state index in [2.05, 4.69) is 49.3 Å². The number of ether oxygens (including phenoxy) is 1. The van der Waals surface area contributed by atoms with Crippen LogP contribution in [0.4, 0.5) is 22.0 Å². The van der Waals surface area contributed by atoms with Crippen LogP contribution in [0, 0.1) is 6.92 Å². The third-order valence-electron chi connectivity index (χ3n) is 12.8. The smallest absolute Gasteiger partial charge is 0.410 e. The lowest BCUT2D eigenvalue weighted by Crippen LogP contribution is -2.58. The number of carbonyl (C=O) groups excluding carboxylic acids is 3. The Balaban J connectivity index is 1.08. The molecule has 5 heterocycles. The van der Waals surface area contributed by atoms with Crippen LogP contribution in [-0.4, -0.2) is 93.2 Å².